The van der Waals surface area contributed by atoms with Crippen molar-refractivity contribution in [1.82, 2.24) is 0 Å². The molecule has 0 amide bonds. The molecular formula is C7H6BrF2NO2. The topological polar surface area (TPSA) is 55.5 Å². The van der Waals surface area contributed by atoms with Crippen LogP contribution in [0.1, 0.15) is 5.56 Å². The second kappa shape index (κ2) is 3.99. The number of nitrogens with two attached hydrogens (primary N) is 1. The average Bonchev–Trinajstić information content (AvgIpc) is 2.11. The van der Waals surface area contributed by atoms with Crippen LogP contribution in [-0.2, 0) is 11.4 Å². The molecule has 0 aliphatic rings. The first-order chi connectivity index (χ1) is 6.07. The molecule has 1 aromatic rings. The second-order valence-corrected chi connectivity index (χ2v) is 3.16. The van der Waals surface area contributed by atoms with Gasteiger partial charge in [0.15, 0.2) is 11.6 Å². The Balaban J connectivity index is 3.24. The van der Waals surface area contributed by atoms with Gasteiger partial charge in [0, 0.05) is 5.56 Å². The molecular weight excluding hydrogens is 248 g/mol. The van der Waals surface area contributed by atoms with Crippen LogP contribution < -0.4 is 5.90 Å². The zero-order valence-electron chi connectivity index (χ0n) is 6.35. The first kappa shape index (κ1) is 10.4. The van der Waals surface area contributed by atoms with E-state index in [2.05, 4.69) is 20.8 Å². The van der Waals surface area contributed by atoms with E-state index in [4.69, 9.17) is 11.0 Å². The standard InChI is InChI=1S/C7H6BrF2NO2/c8-4-1-3(2-13-11)5(9)6(10)7(4)12/h1,12H,2,11H2. The minimum absolute atomic E-state index is 0.0541. The van der Waals surface area contributed by atoms with E-state index in [0.717, 1.165) is 0 Å². The number of benzene rings is 1. The Hall–Kier alpha value is -0.720. The molecule has 6 heteroatoms. The Bertz CT molecular complexity index is 333. The molecule has 0 unspecified atom stereocenters. The molecule has 0 spiro atoms. The van der Waals surface area contributed by atoms with Crippen LogP contribution in [0, 0.1) is 11.6 Å². The van der Waals surface area contributed by atoms with Crippen LogP contribution in [-0.4, -0.2) is 5.11 Å². The number of hydrogen-bond acceptors (Lipinski definition) is 3. The number of hydrogen-bond donors (Lipinski definition) is 2. The average molecular weight is 254 g/mol. The van der Waals surface area contributed by atoms with Crippen LogP contribution in [0.25, 0.3) is 0 Å². The van der Waals surface area contributed by atoms with Gasteiger partial charge >= 0.3 is 0 Å². The van der Waals surface area contributed by atoms with Gasteiger partial charge in [-0.1, -0.05) is 0 Å². The lowest BCUT2D eigenvalue weighted by Crippen LogP contribution is -2.03. The summed E-state index contributed by atoms with van der Waals surface area (Å²) in [4.78, 5) is 4.15. The second-order valence-electron chi connectivity index (χ2n) is 2.31. The van der Waals surface area contributed by atoms with E-state index in [9.17, 15) is 8.78 Å². The summed E-state index contributed by atoms with van der Waals surface area (Å²) in [5.74, 6) is 1.46. The van der Waals surface area contributed by atoms with E-state index in [0.29, 0.717) is 0 Å². The lowest BCUT2D eigenvalue weighted by atomic mass is 10.2. The molecule has 13 heavy (non-hydrogen) atoms. The van der Waals surface area contributed by atoms with Crippen molar-refractivity contribution >= 4 is 15.9 Å². The molecule has 0 atom stereocenters. The molecule has 72 valence electrons. The Kier molecular flexibility index (Phi) is 3.18. The van der Waals surface area contributed by atoms with E-state index < -0.39 is 17.4 Å². The predicted octanol–water partition coefficient (Wildman–Crippen LogP) is 1.82. The molecule has 3 nitrogen and oxygen atoms in total. The van der Waals surface area contributed by atoms with Gasteiger partial charge in [-0.3, -0.25) is 4.84 Å². The van der Waals surface area contributed by atoms with Gasteiger partial charge in [0.2, 0.25) is 5.82 Å². The molecule has 3 N–H and O–H groups in total. The van der Waals surface area contributed by atoms with E-state index in [1.807, 2.05) is 0 Å². The highest BCUT2D eigenvalue weighted by molar-refractivity contribution is 9.10. The smallest absolute Gasteiger partial charge is 0.201 e. The summed E-state index contributed by atoms with van der Waals surface area (Å²) in [6, 6.07) is 1.20. The first-order valence-corrected chi connectivity index (χ1v) is 4.04. The third-order valence-electron chi connectivity index (χ3n) is 1.45. The fourth-order valence-corrected chi connectivity index (χ4v) is 1.28. The van der Waals surface area contributed by atoms with Crippen molar-refractivity contribution in [3.05, 3.63) is 27.7 Å². The summed E-state index contributed by atoms with van der Waals surface area (Å²) >= 11 is 2.85. The maximum Gasteiger partial charge on any atom is 0.201 e. The largest absolute Gasteiger partial charge is 0.504 e. The van der Waals surface area contributed by atoms with Gasteiger partial charge in [0.05, 0.1) is 11.1 Å². The van der Waals surface area contributed by atoms with E-state index >= 15 is 0 Å². The van der Waals surface area contributed by atoms with Crippen LogP contribution in [0.3, 0.4) is 0 Å². The third-order valence-corrected chi connectivity index (χ3v) is 2.05. The fraction of sp³-hybridized carbons (Fsp3) is 0.143. The molecule has 0 saturated heterocycles. The molecule has 0 aromatic heterocycles. The Morgan fingerprint density at radius 3 is 2.62 bits per heavy atom. The van der Waals surface area contributed by atoms with Gasteiger partial charge in [0.25, 0.3) is 0 Å². The van der Waals surface area contributed by atoms with Gasteiger partial charge in [-0.2, -0.15) is 4.39 Å². The maximum atomic E-state index is 12.9. The molecule has 0 radical (unpaired) electrons. The highest BCUT2D eigenvalue weighted by Gasteiger charge is 2.16. The van der Waals surface area contributed by atoms with Crippen molar-refractivity contribution in [2.75, 3.05) is 0 Å². The van der Waals surface area contributed by atoms with Gasteiger partial charge in [-0.25, -0.2) is 10.3 Å². The van der Waals surface area contributed by atoms with Crippen LogP contribution in [0.5, 0.6) is 5.75 Å². The van der Waals surface area contributed by atoms with Crippen molar-refractivity contribution in [2.45, 2.75) is 6.61 Å². The summed E-state index contributed by atoms with van der Waals surface area (Å²) in [7, 11) is 0. The van der Waals surface area contributed by atoms with Crippen LogP contribution in [0.2, 0.25) is 0 Å². The quantitative estimate of drug-likeness (QED) is 0.625. The fourth-order valence-electron chi connectivity index (χ4n) is 0.829. The monoisotopic (exact) mass is 253 g/mol. The Morgan fingerprint density at radius 1 is 1.46 bits per heavy atom. The van der Waals surface area contributed by atoms with Gasteiger partial charge in [0.1, 0.15) is 0 Å². The SMILES string of the molecule is NOCc1cc(Br)c(O)c(F)c1F. The van der Waals surface area contributed by atoms with Crippen LogP contribution in [0.4, 0.5) is 8.78 Å². The number of phenolic OH excluding ortho intramolecular Hbond substituents is 1. The molecule has 0 saturated carbocycles. The molecule has 0 fully saturated rings. The number of phenols is 1. The summed E-state index contributed by atoms with van der Waals surface area (Å²) in [6.07, 6.45) is 0. The van der Waals surface area contributed by atoms with E-state index in [1.54, 1.807) is 0 Å². The Labute approximate surface area is 81.2 Å². The van der Waals surface area contributed by atoms with Crippen LogP contribution in [0.15, 0.2) is 10.5 Å². The first-order valence-electron chi connectivity index (χ1n) is 3.25. The Morgan fingerprint density at radius 2 is 2.08 bits per heavy atom. The molecule has 1 rings (SSSR count). The molecule has 0 aliphatic heterocycles. The summed E-state index contributed by atoms with van der Waals surface area (Å²) in [5.41, 5.74) is -0.0651. The minimum atomic E-state index is -1.32. The zero-order valence-corrected chi connectivity index (χ0v) is 7.94. The van der Waals surface area contributed by atoms with Crippen molar-refractivity contribution < 1.29 is 18.7 Å². The van der Waals surface area contributed by atoms with Gasteiger partial charge < -0.3 is 5.11 Å². The van der Waals surface area contributed by atoms with E-state index in [1.165, 1.54) is 6.07 Å². The number of halogens is 3. The summed E-state index contributed by atoms with van der Waals surface area (Å²) < 4.78 is 25.8. The zero-order chi connectivity index (χ0) is 10.0. The van der Waals surface area contributed by atoms with Crippen molar-refractivity contribution in [1.29, 1.82) is 0 Å². The molecule has 1 aromatic carbocycles. The van der Waals surface area contributed by atoms with Gasteiger partial charge in [-0.05, 0) is 22.0 Å². The van der Waals surface area contributed by atoms with Crippen molar-refractivity contribution in [3.63, 3.8) is 0 Å². The minimum Gasteiger partial charge on any atom is -0.504 e. The third kappa shape index (κ3) is 1.96. The highest BCUT2D eigenvalue weighted by atomic mass is 79.9. The lowest BCUT2D eigenvalue weighted by molar-refractivity contribution is 0.120. The van der Waals surface area contributed by atoms with Gasteiger partial charge in [-0.15, -0.1) is 0 Å². The van der Waals surface area contributed by atoms with Crippen molar-refractivity contribution in [2.24, 2.45) is 5.90 Å². The predicted molar refractivity (Wildman–Crippen MR) is 44.7 cm³/mol. The molecule has 0 bridgehead atoms. The number of aromatic hydroxyl groups is 1. The summed E-state index contributed by atoms with van der Waals surface area (Å²) in [6.45, 7) is -0.262. The lowest BCUT2D eigenvalue weighted by Gasteiger charge is -2.05. The van der Waals surface area contributed by atoms with Crippen LogP contribution >= 0.6 is 15.9 Å². The molecule has 0 aliphatic carbocycles. The summed E-state index contributed by atoms with van der Waals surface area (Å²) in [5, 5.41) is 8.95. The highest BCUT2D eigenvalue weighted by Crippen LogP contribution is 2.30. The maximum absolute atomic E-state index is 12.9. The van der Waals surface area contributed by atoms with Crippen molar-refractivity contribution in [3.8, 4) is 5.75 Å². The normalized spacial score (nSPS) is 10.5. The molecule has 0 heterocycles. The number of rotatable bonds is 2. The van der Waals surface area contributed by atoms with E-state index in [-0.39, 0.29) is 16.6 Å².